The first kappa shape index (κ1) is 18.0. The van der Waals surface area contributed by atoms with Crippen molar-refractivity contribution < 1.29 is 4.74 Å². The minimum absolute atomic E-state index is 0.502. The van der Waals surface area contributed by atoms with E-state index in [1.807, 2.05) is 10.8 Å². The van der Waals surface area contributed by atoms with Crippen molar-refractivity contribution in [1.82, 2.24) is 9.55 Å². The highest BCUT2D eigenvalue weighted by atomic mass is 16.5. The van der Waals surface area contributed by atoms with E-state index in [-0.39, 0.29) is 0 Å². The molecule has 0 bridgehead atoms. The molecule has 0 radical (unpaired) electrons. The van der Waals surface area contributed by atoms with Crippen molar-refractivity contribution in [2.24, 2.45) is 0 Å². The molecule has 0 aliphatic heterocycles. The number of methoxy groups -OCH3 is 1. The number of rotatable bonds is 5. The second-order valence-electron chi connectivity index (χ2n) is 6.04. The van der Waals surface area contributed by atoms with Crippen LogP contribution in [0.2, 0.25) is 5.82 Å². The summed E-state index contributed by atoms with van der Waals surface area (Å²) in [7, 11) is 1.65. The molecule has 0 amide bonds. The first-order chi connectivity index (χ1) is 11.7. The predicted molar refractivity (Wildman–Crippen MR) is 102 cm³/mol. The van der Waals surface area contributed by atoms with Crippen LogP contribution in [0.3, 0.4) is 0 Å². The Labute approximate surface area is 145 Å². The van der Waals surface area contributed by atoms with E-state index in [1.54, 1.807) is 19.6 Å². The quantitative estimate of drug-likeness (QED) is 0.675. The van der Waals surface area contributed by atoms with Gasteiger partial charge in [-0.25, -0.2) is 4.98 Å². The van der Waals surface area contributed by atoms with Crippen LogP contribution in [0.1, 0.15) is 13.8 Å². The molecule has 0 atom stereocenters. The molecule has 24 heavy (non-hydrogen) atoms. The summed E-state index contributed by atoms with van der Waals surface area (Å²) in [6.45, 7) is 5.65. The van der Waals surface area contributed by atoms with Gasteiger partial charge in [0.15, 0.2) is 0 Å². The van der Waals surface area contributed by atoms with Gasteiger partial charge in [-0.05, 0) is 0 Å². The number of nitrogens with zero attached hydrogens (tertiary/aromatic N) is 2. The molecule has 0 saturated heterocycles. The maximum absolute atomic E-state index is 4.81. The van der Waals surface area contributed by atoms with E-state index < -0.39 is 0 Å². The number of aromatic nitrogens is 2. The third kappa shape index (κ3) is 5.39. The van der Waals surface area contributed by atoms with Gasteiger partial charge in [-0.3, -0.25) is 0 Å². The summed E-state index contributed by atoms with van der Waals surface area (Å²) in [5.74, 6) is 0.616. The van der Waals surface area contributed by atoms with E-state index in [0.29, 0.717) is 19.3 Å². The number of imidazole rings is 1. The molecule has 0 spiro atoms. The van der Waals surface area contributed by atoms with Gasteiger partial charge in [0, 0.05) is 19.5 Å². The minimum Gasteiger partial charge on any atom is -0.364 e. The minimum atomic E-state index is 0.502. The summed E-state index contributed by atoms with van der Waals surface area (Å²) in [6.07, 6.45) is 5.28. The zero-order valence-corrected chi connectivity index (χ0v) is 14.7. The van der Waals surface area contributed by atoms with Gasteiger partial charge >= 0.3 is 0 Å². The summed E-state index contributed by atoms with van der Waals surface area (Å²) in [6, 6.07) is 21.5. The van der Waals surface area contributed by atoms with E-state index in [9.17, 15) is 0 Å². The van der Waals surface area contributed by atoms with Crippen LogP contribution in [0.4, 0.5) is 0 Å². The highest BCUT2D eigenvalue weighted by Crippen LogP contribution is 2.08. The van der Waals surface area contributed by atoms with Gasteiger partial charge < -0.3 is 9.30 Å². The van der Waals surface area contributed by atoms with Crippen LogP contribution >= 0.6 is 0 Å². The molecule has 0 saturated carbocycles. The fraction of sp³-hybridized carbons (Fsp3) is 0.250. The molecule has 2 aromatic carbocycles. The SMILES string of the molecule is CC(C)B(c1ccccc1)c1ccccc1.COCn1ccnc1. The first-order valence-corrected chi connectivity index (χ1v) is 8.27. The normalized spacial score (nSPS) is 10.2. The Bertz CT molecular complexity index is 630. The summed E-state index contributed by atoms with van der Waals surface area (Å²) in [5.41, 5.74) is 2.81. The molecule has 0 aliphatic rings. The van der Waals surface area contributed by atoms with E-state index in [0.717, 1.165) is 0 Å². The molecule has 3 nitrogen and oxygen atoms in total. The van der Waals surface area contributed by atoms with Crippen LogP contribution in [0.25, 0.3) is 0 Å². The van der Waals surface area contributed by atoms with Crippen LogP contribution < -0.4 is 10.9 Å². The zero-order chi connectivity index (χ0) is 17.2. The van der Waals surface area contributed by atoms with Crippen molar-refractivity contribution in [1.29, 1.82) is 0 Å². The predicted octanol–water partition coefficient (Wildman–Crippen LogP) is 3.19. The Morgan fingerprint density at radius 1 is 0.958 bits per heavy atom. The average molecular weight is 320 g/mol. The van der Waals surface area contributed by atoms with E-state index in [4.69, 9.17) is 4.74 Å². The first-order valence-electron chi connectivity index (χ1n) is 8.27. The van der Waals surface area contributed by atoms with Crippen LogP contribution in [0, 0.1) is 0 Å². The van der Waals surface area contributed by atoms with Crippen molar-refractivity contribution in [2.75, 3.05) is 7.11 Å². The Kier molecular flexibility index (Phi) is 7.31. The molecule has 3 aromatic rings. The molecule has 3 rings (SSSR count). The zero-order valence-electron chi connectivity index (χ0n) is 14.7. The molecule has 0 N–H and O–H groups in total. The number of hydrogen-bond acceptors (Lipinski definition) is 2. The fourth-order valence-corrected chi connectivity index (χ4v) is 2.80. The third-order valence-corrected chi connectivity index (χ3v) is 3.82. The fourth-order valence-electron chi connectivity index (χ4n) is 2.80. The van der Waals surface area contributed by atoms with E-state index in [1.165, 1.54) is 10.9 Å². The lowest BCUT2D eigenvalue weighted by atomic mass is 9.34. The lowest BCUT2D eigenvalue weighted by Crippen LogP contribution is -2.44. The number of benzene rings is 2. The number of hydrogen-bond donors (Lipinski definition) is 0. The molecule has 1 aromatic heterocycles. The van der Waals surface area contributed by atoms with E-state index in [2.05, 4.69) is 79.5 Å². The Morgan fingerprint density at radius 3 is 1.88 bits per heavy atom. The standard InChI is InChI=1S/C15H17B.C5H8N2O/c1-13(2)16(14-9-5-3-6-10-14)15-11-7-4-8-12-15;1-8-5-7-3-2-6-4-7/h3-13H,1-2H3;2-4H,5H2,1H3. The second kappa shape index (κ2) is 9.73. The topological polar surface area (TPSA) is 27.1 Å². The summed E-state index contributed by atoms with van der Waals surface area (Å²) in [5, 5.41) is 0. The van der Waals surface area contributed by atoms with Gasteiger partial charge in [-0.15, -0.1) is 0 Å². The monoisotopic (exact) mass is 320 g/mol. The van der Waals surface area contributed by atoms with Crippen LogP contribution in [-0.4, -0.2) is 23.4 Å². The Hall–Kier alpha value is -2.33. The van der Waals surface area contributed by atoms with Crippen LogP contribution in [0.5, 0.6) is 0 Å². The molecule has 1 heterocycles. The summed E-state index contributed by atoms with van der Waals surface area (Å²) in [4.78, 5) is 3.82. The highest BCUT2D eigenvalue weighted by molar-refractivity contribution is 6.86. The van der Waals surface area contributed by atoms with Gasteiger partial charge in [0.05, 0.1) is 6.33 Å². The van der Waals surface area contributed by atoms with Crippen molar-refractivity contribution in [3.8, 4) is 0 Å². The van der Waals surface area contributed by atoms with Crippen molar-refractivity contribution in [3.05, 3.63) is 79.4 Å². The molecule has 0 unspecified atom stereocenters. The summed E-state index contributed by atoms with van der Waals surface area (Å²) >= 11 is 0. The molecule has 4 heteroatoms. The third-order valence-electron chi connectivity index (χ3n) is 3.82. The molecule has 124 valence electrons. The van der Waals surface area contributed by atoms with Gasteiger partial charge in [-0.2, -0.15) is 0 Å². The average Bonchev–Trinajstić information content (AvgIpc) is 3.11. The smallest absolute Gasteiger partial charge is 0.211 e. The van der Waals surface area contributed by atoms with Gasteiger partial charge in [0.25, 0.3) is 0 Å². The van der Waals surface area contributed by atoms with Crippen molar-refractivity contribution in [3.63, 3.8) is 0 Å². The molecular weight excluding hydrogens is 295 g/mol. The Balaban J connectivity index is 0.000000219. The number of ether oxygens (including phenoxy) is 1. The molecule has 0 aliphatic carbocycles. The largest absolute Gasteiger partial charge is 0.364 e. The summed E-state index contributed by atoms with van der Waals surface area (Å²) < 4.78 is 6.66. The maximum Gasteiger partial charge on any atom is 0.211 e. The second-order valence-corrected chi connectivity index (χ2v) is 6.04. The van der Waals surface area contributed by atoms with Gasteiger partial charge in [0.1, 0.15) is 6.73 Å². The van der Waals surface area contributed by atoms with Gasteiger partial charge in [-0.1, -0.05) is 91.3 Å². The molecular formula is C20H25BN2O. The van der Waals surface area contributed by atoms with Crippen molar-refractivity contribution in [2.45, 2.75) is 26.4 Å². The highest BCUT2D eigenvalue weighted by Gasteiger charge is 2.21. The van der Waals surface area contributed by atoms with Crippen LogP contribution in [-0.2, 0) is 11.5 Å². The van der Waals surface area contributed by atoms with E-state index >= 15 is 0 Å². The van der Waals surface area contributed by atoms with Crippen LogP contribution in [0.15, 0.2) is 79.4 Å². The molecule has 0 fully saturated rings. The Morgan fingerprint density at radius 2 is 1.50 bits per heavy atom. The van der Waals surface area contributed by atoms with Gasteiger partial charge in [0.2, 0.25) is 6.71 Å². The lowest BCUT2D eigenvalue weighted by Gasteiger charge is -2.18. The maximum atomic E-state index is 4.81. The lowest BCUT2D eigenvalue weighted by molar-refractivity contribution is 0.131. The van der Waals surface area contributed by atoms with Crippen molar-refractivity contribution >= 4 is 17.6 Å².